The number of aliphatic hydroxyl groups is 1. The lowest BCUT2D eigenvalue weighted by Gasteiger charge is -2.09. The highest BCUT2D eigenvalue weighted by Gasteiger charge is 2.19. The molecule has 3 N–H and O–H groups in total. The summed E-state index contributed by atoms with van der Waals surface area (Å²) < 4.78 is 5.27. The van der Waals surface area contributed by atoms with E-state index in [1.165, 1.54) is 0 Å². The molecule has 1 amide bonds. The molecule has 0 bridgehead atoms. The van der Waals surface area contributed by atoms with E-state index in [1.54, 1.807) is 14.0 Å². The zero-order chi connectivity index (χ0) is 16.3. The van der Waals surface area contributed by atoms with Gasteiger partial charge in [0.2, 0.25) is 0 Å². The number of nitrogens with one attached hydrogen (secondary N) is 2. The fourth-order valence-electron chi connectivity index (χ4n) is 2.73. The normalized spacial score (nSPS) is 12.0. The number of hydrogen-bond donors (Lipinski definition) is 3. The van der Waals surface area contributed by atoms with Gasteiger partial charge in [-0.25, -0.2) is 0 Å². The van der Waals surface area contributed by atoms with Gasteiger partial charge in [-0.1, -0.05) is 18.2 Å². The molecule has 0 saturated heterocycles. The van der Waals surface area contributed by atoms with E-state index in [0.29, 0.717) is 12.2 Å². The Kier molecular flexibility index (Phi) is 4.88. The highest BCUT2D eigenvalue weighted by Crippen LogP contribution is 2.24. The maximum atomic E-state index is 12.4. The van der Waals surface area contributed by atoms with E-state index < -0.39 is 6.10 Å². The Bertz CT molecular complexity index is 675. The topological polar surface area (TPSA) is 74.3 Å². The summed E-state index contributed by atoms with van der Waals surface area (Å²) in [7, 11) is 1.61. The van der Waals surface area contributed by atoms with Gasteiger partial charge in [0.05, 0.1) is 13.2 Å². The standard InChI is InChI=1S/C17H22N2O3/c1-10-15(12(3)20)11(2)19-16(10)17(21)18-9-13-7-5-6-8-14(13)22-4/h5-8,12,19-20H,9H2,1-4H3,(H,18,21)/t12-/m1/s1. The molecule has 1 atom stereocenters. The van der Waals surface area contributed by atoms with Crippen LogP contribution in [0.25, 0.3) is 0 Å². The molecule has 2 aromatic rings. The number of carbonyl (C=O) groups excluding carboxylic acids is 1. The van der Waals surface area contributed by atoms with Crippen LogP contribution in [-0.2, 0) is 6.54 Å². The molecular formula is C17H22N2O3. The molecule has 5 heteroatoms. The number of hydrogen-bond acceptors (Lipinski definition) is 3. The number of aliphatic hydroxyl groups excluding tert-OH is 1. The minimum absolute atomic E-state index is 0.196. The van der Waals surface area contributed by atoms with Crippen molar-refractivity contribution < 1.29 is 14.6 Å². The molecule has 0 saturated carbocycles. The zero-order valence-electron chi connectivity index (χ0n) is 13.4. The van der Waals surface area contributed by atoms with Crippen molar-refractivity contribution in [2.75, 3.05) is 7.11 Å². The van der Waals surface area contributed by atoms with Crippen molar-refractivity contribution in [2.45, 2.75) is 33.4 Å². The molecular weight excluding hydrogens is 280 g/mol. The Morgan fingerprint density at radius 3 is 2.64 bits per heavy atom. The van der Waals surface area contributed by atoms with E-state index in [-0.39, 0.29) is 5.91 Å². The van der Waals surface area contributed by atoms with Gasteiger partial charge in [0.25, 0.3) is 5.91 Å². The first kappa shape index (κ1) is 16.1. The largest absolute Gasteiger partial charge is 0.496 e. The Balaban J connectivity index is 2.15. The van der Waals surface area contributed by atoms with E-state index in [0.717, 1.165) is 28.1 Å². The molecule has 0 unspecified atom stereocenters. The number of ether oxygens (including phenoxy) is 1. The van der Waals surface area contributed by atoms with Gasteiger partial charge in [-0.15, -0.1) is 0 Å². The summed E-state index contributed by atoms with van der Waals surface area (Å²) in [6.07, 6.45) is -0.605. The predicted molar refractivity (Wildman–Crippen MR) is 85.1 cm³/mol. The third kappa shape index (κ3) is 3.14. The lowest BCUT2D eigenvalue weighted by molar-refractivity contribution is 0.0945. The lowest BCUT2D eigenvalue weighted by atomic mass is 10.1. The molecule has 2 rings (SSSR count). The summed E-state index contributed by atoms with van der Waals surface area (Å²) in [4.78, 5) is 15.4. The molecule has 118 valence electrons. The average molecular weight is 302 g/mol. The van der Waals surface area contributed by atoms with Gasteiger partial charge < -0.3 is 20.1 Å². The maximum absolute atomic E-state index is 12.4. The molecule has 0 aliphatic carbocycles. The van der Waals surface area contributed by atoms with Crippen molar-refractivity contribution in [1.29, 1.82) is 0 Å². The molecule has 0 spiro atoms. The van der Waals surface area contributed by atoms with Crippen LogP contribution in [0.3, 0.4) is 0 Å². The first-order valence-electron chi connectivity index (χ1n) is 7.23. The van der Waals surface area contributed by atoms with Gasteiger partial charge in [-0.2, -0.15) is 0 Å². The molecule has 0 fully saturated rings. The third-order valence-corrected chi connectivity index (χ3v) is 3.77. The highest BCUT2D eigenvalue weighted by atomic mass is 16.5. The first-order valence-corrected chi connectivity index (χ1v) is 7.23. The number of methoxy groups -OCH3 is 1. The Morgan fingerprint density at radius 1 is 1.36 bits per heavy atom. The second-order valence-corrected chi connectivity index (χ2v) is 5.33. The summed E-state index contributed by atoms with van der Waals surface area (Å²) in [5, 5.41) is 12.7. The van der Waals surface area contributed by atoms with Crippen LogP contribution in [0.15, 0.2) is 24.3 Å². The van der Waals surface area contributed by atoms with Crippen LogP contribution in [0.1, 0.15) is 45.9 Å². The van der Waals surface area contributed by atoms with Gasteiger partial charge in [0, 0.05) is 23.4 Å². The van der Waals surface area contributed by atoms with Crippen LogP contribution >= 0.6 is 0 Å². The smallest absolute Gasteiger partial charge is 0.268 e. The summed E-state index contributed by atoms with van der Waals surface area (Å²) in [5.74, 6) is 0.547. The summed E-state index contributed by atoms with van der Waals surface area (Å²) in [5.41, 5.74) is 3.78. The number of para-hydroxylation sites is 1. The fraction of sp³-hybridized carbons (Fsp3) is 0.353. The average Bonchev–Trinajstić information content (AvgIpc) is 2.80. The van der Waals surface area contributed by atoms with Crippen molar-refractivity contribution in [1.82, 2.24) is 10.3 Å². The van der Waals surface area contributed by atoms with E-state index in [2.05, 4.69) is 10.3 Å². The van der Waals surface area contributed by atoms with Crippen molar-refractivity contribution in [3.05, 3.63) is 52.3 Å². The van der Waals surface area contributed by atoms with Crippen molar-refractivity contribution in [3.8, 4) is 5.75 Å². The zero-order valence-corrected chi connectivity index (χ0v) is 13.4. The second-order valence-electron chi connectivity index (χ2n) is 5.33. The monoisotopic (exact) mass is 302 g/mol. The number of aromatic nitrogens is 1. The Hall–Kier alpha value is -2.27. The van der Waals surface area contributed by atoms with Crippen molar-refractivity contribution in [2.24, 2.45) is 0 Å². The van der Waals surface area contributed by atoms with E-state index in [4.69, 9.17) is 4.74 Å². The van der Waals surface area contributed by atoms with Crippen LogP contribution in [0.4, 0.5) is 0 Å². The molecule has 22 heavy (non-hydrogen) atoms. The minimum atomic E-state index is -0.605. The molecule has 1 heterocycles. The number of rotatable bonds is 5. The molecule has 0 radical (unpaired) electrons. The van der Waals surface area contributed by atoms with E-state index >= 15 is 0 Å². The number of aromatic amines is 1. The Labute approximate surface area is 130 Å². The van der Waals surface area contributed by atoms with Crippen LogP contribution in [0.2, 0.25) is 0 Å². The minimum Gasteiger partial charge on any atom is -0.496 e. The van der Waals surface area contributed by atoms with Crippen LogP contribution in [-0.4, -0.2) is 23.1 Å². The summed E-state index contributed by atoms with van der Waals surface area (Å²) in [6.45, 7) is 5.76. The van der Waals surface area contributed by atoms with Gasteiger partial charge in [0.15, 0.2) is 0 Å². The van der Waals surface area contributed by atoms with Crippen LogP contribution < -0.4 is 10.1 Å². The van der Waals surface area contributed by atoms with Crippen LogP contribution in [0.5, 0.6) is 5.75 Å². The summed E-state index contributed by atoms with van der Waals surface area (Å²) >= 11 is 0. The first-order chi connectivity index (χ1) is 10.5. The lowest BCUT2D eigenvalue weighted by Crippen LogP contribution is -2.24. The molecule has 0 aliphatic rings. The second kappa shape index (κ2) is 6.66. The third-order valence-electron chi connectivity index (χ3n) is 3.77. The number of amides is 1. The maximum Gasteiger partial charge on any atom is 0.268 e. The molecule has 0 aliphatic heterocycles. The van der Waals surface area contributed by atoms with Gasteiger partial charge in [0.1, 0.15) is 11.4 Å². The van der Waals surface area contributed by atoms with Gasteiger partial charge in [-0.05, 0) is 32.4 Å². The van der Waals surface area contributed by atoms with E-state index in [9.17, 15) is 9.90 Å². The quantitative estimate of drug-likeness (QED) is 0.795. The van der Waals surface area contributed by atoms with E-state index in [1.807, 2.05) is 38.1 Å². The van der Waals surface area contributed by atoms with Crippen molar-refractivity contribution in [3.63, 3.8) is 0 Å². The van der Waals surface area contributed by atoms with Gasteiger partial charge >= 0.3 is 0 Å². The number of aryl methyl sites for hydroxylation is 1. The number of H-pyrrole nitrogens is 1. The molecule has 5 nitrogen and oxygen atoms in total. The predicted octanol–water partition coefficient (Wildman–Crippen LogP) is 2.62. The molecule has 1 aromatic heterocycles. The fourth-order valence-corrected chi connectivity index (χ4v) is 2.73. The Morgan fingerprint density at radius 2 is 2.05 bits per heavy atom. The highest BCUT2D eigenvalue weighted by molar-refractivity contribution is 5.94. The SMILES string of the molecule is COc1ccccc1CNC(=O)c1[nH]c(C)c([C@@H](C)O)c1C. The number of benzene rings is 1. The molecule has 1 aromatic carbocycles. The van der Waals surface area contributed by atoms with Crippen molar-refractivity contribution >= 4 is 5.91 Å². The van der Waals surface area contributed by atoms with Gasteiger partial charge in [-0.3, -0.25) is 4.79 Å². The number of carbonyl (C=O) groups is 1. The summed E-state index contributed by atoms with van der Waals surface area (Å²) in [6, 6.07) is 7.56. The van der Waals surface area contributed by atoms with Crippen LogP contribution in [0, 0.1) is 13.8 Å².